The molecule has 0 bridgehead atoms. The Hall–Kier alpha value is -3.00. The molecule has 4 rings (SSSR count). The van der Waals surface area contributed by atoms with Gasteiger partial charge in [-0.25, -0.2) is 9.37 Å². The van der Waals surface area contributed by atoms with Crippen LogP contribution in [0.25, 0.3) is 11.4 Å². The van der Waals surface area contributed by atoms with Crippen molar-refractivity contribution in [2.75, 3.05) is 0 Å². The highest BCUT2D eigenvalue weighted by atomic mass is 32.2. The highest BCUT2D eigenvalue weighted by molar-refractivity contribution is 7.98. The maximum Gasteiger partial charge on any atom is 0.173 e. The number of para-hydroxylation sites is 1. The van der Waals surface area contributed by atoms with Crippen LogP contribution < -0.4 is 0 Å². The summed E-state index contributed by atoms with van der Waals surface area (Å²) < 4.78 is 17.0. The Balaban J connectivity index is 1.56. The van der Waals surface area contributed by atoms with Crippen molar-refractivity contribution in [1.82, 2.24) is 29.8 Å². The van der Waals surface area contributed by atoms with Crippen LogP contribution in [0, 0.1) is 5.82 Å². The first-order chi connectivity index (χ1) is 12.3. The number of hydrogen-bond donors (Lipinski definition) is 0. The van der Waals surface area contributed by atoms with E-state index in [1.807, 2.05) is 41.0 Å². The second-order valence-corrected chi connectivity index (χ2v) is 6.13. The first kappa shape index (κ1) is 15.5. The van der Waals surface area contributed by atoms with Crippen LogP contribution in [0.1, 0.15) is 5.82 Å². The Morgan fingerprint density at radius 2 is 1.84 bits per heavy atom. The molecule has 0 fully saturated rings. The van der Waals surface area contributed by atoms with Gasteiger partial charge in [0.15, 0.2) is 11.0 Å². The fourth-order valence-electron chi connectivity index (χ4n) is 2.41. The molecular formula is C17H13FN6S. The maximum atomic E-state index is 13.5. The average molecular weight is 352 g/mol. The van der Waals surface area contributed by atoms with E-state index in [1.165, 1.54) is 23.9 Å². The van der Waals surface area contributed by atoms with Gasteiger partial charge >= 0.3 is 0 Å². The van der Waals surface area contributed by atoms with Crippen molar-refractivity contribution in [3.8, 4) is 11.4 Å². The number of tetrazole rings is 1. The Kier molecular flexibility index (Phi) is 4.26. The van der Waals surface area contributed by atoms with Gasteiger partial charge in [-0.2, -0.15) is 4.68 Å². The van der Waals surface area contributed by atoms with Crippen molar-refractivity contribution < 1.29 is 4.39 Å². The largest absolute Gasteiger partial charge is 0.295 e. The third-order valence-electron chi connectivity index (χ3n) is 3.56. The van der Waals surface area contributed by atoms with E-state index in [1.54, 1.807) is 23.1 Å². The molecule has 0 saturated carbocycles. The van der Waals surface area contributed by atoms with Gasteiger partial charge < -0.3 is 0 Å². The van der Waals surface area contributed by atoms with Crippen LogP contribution in [0.5, 0.6) is 0 Å². The molecule has 4 aromatic rings. The summed E-state index contributed by atoms with van der Waals surface area (Å²) in [5.41, 5.74) is 1.62. The number of hydrogen-bond acceptors (Lipinski definition) is 5. The van der Waals surface area contributed by atoms with Gasteiger partial charge in [0, 0.05) is 12.4 Å². The molecular weight excluding hydrogens is 339 g/mol. The van der Waals surface area contributed by atoms with E-state index in [0.717, 1.165) is 16.5 Å². The monoisotopic (exact) mass is 352 g/mol. The molecule has 2 heterocycles. The third kappa shape index (κ3) is 3.29. The minimum absolute atomic E-state index is 0.282. The van der Waals surface area contributed by atoms with Crippen molar-refractivity contribution in [3.63, 3.8) is 0 Å². The van der Waals surface area contributed by atoms with Crippen LogP contribution in [-0.4, -0.2) is 29.8 Å². The van der Waals surface area contributed by atoms with E-state index in [-0.39, 0.29) is 5.82 Å². The Morgan fingerprint density at radius 1 is 1.00 bits per heavy atom. The lowest BCUT2D eigenvalue weighted by molar-refractivity contribution is 0.626. The maximum absolute atomic E-state index is 13.5. The van der Waals surface area contributed by atoms with E-state index in [0.29, 0.717) is 11.6 Å². The number of halogens is 1. The summed E-state index contributed by atoms with van der Waals surface area (Å²) in [6, 6.07) is 16.1. The molecule has 0 radical (unpaired) electrons. The third-order valence-corrected chi connectivity index (χ3v) is 4.52. The van der Waals surface area contributed by atoms with E-state index in [4.69, 9.17) is 0 Å². The molecule has 0 amide bonds. The van der Waals surface area contributed by atoms with Crippen molar-refractivity contribution in [1.29, 1.82) is 0 Å². The molecule has 2 aromatic carbocycles. The quantitative estimate of drug-likeness (QED) is 0.516. The van der Waals surface area contributed by atoms with Crippen LogP contribution in [0.3, 0.4) is 0 Å². The van der Waals surface area contributed by atoms with E-state index in [2.05, 4.69) is 20.5 Å². The molecule has 0 atom stereocenters. The van der Waals surface area contributed by atoms with E-state index < -0.39 is 0 Å². The summed E-state index contributed by atoms with van der Waals surface area (Å²) in [5.74, 6) is 0.967. The second kappa shape index (κ2) is 6.86. The number of aromatic nitrogens is 6. The second-order valence-electron chi connectivity index (χ2n) is 5.19. The minimum atomic E-state index is -0.282. The van der Waals surface area contributed by atoms with Gasteiger partial charge in [0.05, 0.1) is 17.1 Å². The molecule has 8 heteroatoms. The highest BCUT2D eigenvalue weighted by Gasteiger charge is 2.12. The van der Waals surface area contributed by atoms with Gasteiger partial charge in [0.2, 0.25) is 0 Å². The van der Waals surface area contributed by atoms with Crippen molar-refractivity contribution in [2.24, 2.45) is 0 Å². The molecule has 0 aliphatic heterocycles. The molecule has 0 unspecified atom stereocenters. The van der Waals surface area contributed by atoms with Crippen LogP contribution in [0.4, 0.5) is 4.39 Å². The van der Waals surface area contributed by atoms with Gasteiger partial charge in [0.25, 0.3) is 0 Å². The first-order valence-corrected chi connectivity index (χ1v) is 8.54. The first-order valence-electron chi connectivity index (χ1n) is 7.56. The lowest BCUT2D eigenvalue weighted by Gasteiger charge is -2.08. The lowest BCUT2D eigenvalue weighted by Crippen LogP contribution is -2.02. The predicted molar refractivity (Wildman–Crippen MR) is 92.2 cm³/mol. The summed E-state index contributed by atoms with van der Waals surface area (Å²) in [6.07, 6.45) is 3.49. The molecule has 0 spiro atoms. The molecule has 6 nitrogen and oxygen atoms in total. The fourth-order valence-corrected chi connectivity index (χ4v) is 3.29. The van der Waals surface area contributed by atoms with Gasteiger partial charge in [-0.15, -0.1) is 5.10 Å². The molecule has 0 aliphatic carbocycles. The average Bonchev–Trinajstić information content (AvgIpc) is 3.30. The normalized spacial score (nSPS) is 10.9. The fraction of sp³-hybridized carbons (Fsp3) is 0.0588. The predicted octanol–water partition coefficient (Wildman–Crippen LogP) is 3.28. The van der Waals surface area contributed by atoms with Crippen molar-refractivity contribution >= 4 is 11.8 Å². The molecule has 0 saturated heterocycles. The molecule has 124 valence electrons. The van der Waals surface area contributed by atoms with E-state index >= 15 is 0 Å². The number of thioether (sulfide) groups is 1. The highest BCUT2D eigenvalue weighted by Crippen LogP contribution is 2.24. The van der Waals surface area contributed by atoms with Crippen molar-refractivity contribution in [3.05, 3.63) is 78.6 Å². The van der Waals surface area contributed by atoms with Crippen LogP contribution in [-0.2, 0) is 5.75 Å². The standard InChI is InChI=1S/C17H13FN6S/c18-13-5-4-8-15(11-13)23-10-9-19-17(23)25-12-16-20-21-22-24(16)14-6-2-1-3-7-14/h1-11H,12H2. The summed E-state index contributed by atoms with van der Waals surface area (Å²) >= 11 is 1.49. The van der Waals surface area contributed by atoms with Gasteiger partial charge in [-0.05, 0) is 40.8 Å². The molecule has 2 aromatic heterocycles. The zero-order chi connectivity index (χ0) is 17.1. The SMILES string of the molecule is Fc1cccc(-n2ccnc2SCc2nnnn2-c2ccccc2)c1. The zero-order valence-corrected chi connectivity index (χ0v) is 13.8. The number of nitrogens with zero attached hydrogens (tertiary/aromatic N) is 6. The van der Waals surface area contributed by atoms with Crippen LogP contribution in [0.2, 0.25) is 0 Å². The number of rotatable bonds is 5. The molecule has 0 aliphatic rings. The van der Waals surface area contributed by atoms with Gasteiger partial charge in [0.1, 0.15) is 5.82 Å². The Labute approximate surface area is 147 Å². The Bertz CT molecular complexity index is 981. The van der Waals surface area contributed by atoms with E-state index in [9.17, 15) is 4.39 Å². The summed E-state index contributed by atoms with van der Waals surface area (Å²) in [7, 11) is 0. The van der Waals surface area contributed by atoms with Crippen LogP contribution in [0.15, 0.2) is 72.1 Å². The summed E-state index contributed by atoms with van der Waals surface area (Å²) in [5, 5.41) is 12.6. The minimum Gasteiger partial charge on any atom is -0.295 e. The Morgan fingerprint density at radius 3 is 2.68 bits per heavy atom. The van der Waals surface area contributed by atoms with Gasteiger partial charge in [-0.3, -0.25) is 4.57 Å². The topological polar surface area (TPSA) is 61.4 Å². The van der Waals surface area contributed by atoms with Gasteiger partial charge in [-0.1, -0.05) is 36.0 Å². The smallest absolute Gasteiger partial charge is 0.173 e. The summed E-state index contributed by atoms with van der Waals surface area (Å²) in [4.78, 5) is 4.35. The summed E-state index contributed by atoms with van der Waals surface area (Å²) in [6.45, 7) is 0. The molecule has 0 N–H and O–H groups in total. The molecule has 25 heavy (non-hydrogen) atoms. The number of imidazole rings is 1. The zero-order valence-electron chi connectivity index (χ0n) is 13.0. The van der Waals surface area contributed by atoms with Crippen LogP contribution >= 0.6 is 11.8 Å². The lowest BCUT2D eigenvalue weighted by atomic mass is 10.3. The van der Waals surface area contributed by atoms with Crippen molar-refractivity contribution in [2.45, 2.75) is 10.9 Å². The number of benzene rings is 2.